The Bertz CT molecular complexity index is 717. The summed E-state index contributed by atoms with van der Waals surface area (Å²) in [6.07, 6.45) is 0. The van der Waals surface area contributed by atoms with Gasteiger partial charge < -0.3 is 5.73 Å². The second-order valence-electron chi connectivity index (χ2n) is 5.24. The molecule has 0 heterocycles. The zero-order valence-electron chi connectivity index (χ0n) is 12.4. The zero-order chi connectivity index (χ0) is 15.6. The lowest BCUT2D eigenvalue weighted by molar-refractivity contribution is 0.565. The predicted molar refractivity (Wildman–Crippen MR) is 85.5 cm³/mol. The average Bonchev–Trinajstić information content (AvgIpc) is 2.37. The Balaban J connectivity index is 2.36. The number of aryl methyl sites for hydroxylation is 2. The molecule has 0 aliphatic carbocycles. The van der Waals surface area contributed by atoms with Crippen molar-refractivity contribution in [3.8, 4) is 0 Å². The smallest absolute Gasteiger partial charge is 0.241 e. The minimum atomic E-state index is -3.59. The molecule has 0 aliphatic heterocycles. The molecule has 1 unspecified atom stereocenters. The molecule has 0 spiro atoms. The minimum absolute atomic E-state index is 0.299. The lowest BCUT2D eigenvalue weighted by Crippen LogP contribution is -2.28. The number of sulfonamides is 1. The molecule has 0 bridgehead atoms. The average molecular weight is 304 g/mol. The number of hydrogen-bond acceptors (Lipinski definition) is 3. The van der Waals surface area contributed by atoms with E-state index in [1.165, 1.54) is 0 Å². The van der Waals surface area contributed by atoms with Crippen molar-refractivity contribution < 1.29 is 8.42 Å². The second kappa shape index (κ2) is 5.87. The van der Waals surface area contributed by atoms with Crippen molar-refractivity contribution in [2.75, 3.05) is 5.73 Å². The number of nitrogens with two attached hydrogens (primary N) is 1. The fraction of sp³-hybridized carbons (Fsp3) is 0.250. The molecule has 0 aliphatic rings. The summed E-state index contributed by atoms with van der Waals surface area (Å²) in [5, 5.41) is 0. The largest absolute Gasteiger partial charge is 0.399 e. The first kappa shape index (κ1) is 15.5. The molecule has 2 rings (SSSR count). The first-order valence-electron chi connectivity index (χ1n) is 6.75. The topological polar surface area (TPSA) is 72.2 Å². The van der Waals surface area contributed by atoms with Gasteiger partial charge in [0.25, 0.3) is 0 Å². The van der Waals surface area contributed by atoms with Crippen LogP contribution in [0.25, 0.3) is 0 Å². The highest BCUT2D eigenvalue weighted by atomic mass is 32.2. The highest BCUT2D eigenvalue weighted by molar-refractivity contribution is 7.89. The van der Waals surface area contributed by atoms with Crippen LogP contribution in [-0.4, -0.2) is 8.42 Å². The molecule has 2 aromatic carbocycles. The van der Waals surface area contributed by atoms with Crippen molar-refractivity contribution >= 4 is 15.7 Å². The van der Waals surface area contributed by atoms with Gasteiger partial charge >= 0.3 is 0 Å². The summed E-state index contributed by atoms with van der Waals surface area (Å²) in [7, 11) is -3.59. The lowest BCUT2D eigenvalue weighted by atomic mass is 10.1. The van der Waals surface area contributed by atoms with E-state index in [-0.39, 0.29) is 6.04 Å². The van der Waals surface area contributed by atoms with Gasteiger partial charge in [-0.1, -0.05) is 30.3 Å². The van der Waals surface area contributed by atoms with Gasteiger partial charge in [0.1, 0.15) is 0 Å². The van der Waals surface area contributed by atoms with E-state index in [1.54, 1.807) is 26.0 Å². The number of nitrogen functional groups attached to an aromatic ring is 1. The number of rotatable bonds is 4. The maximum absolute atomic E-state index is 12.6. The third-order valence-electron chi connectivity index (χ3n) is 3.38. The highest BCUT2D eigenvalue weighted by Crippen LogP contribution is 2.24. The third-order valence-corrected chi connectivity index (χ3v) is 5.23. The van der Waals surface area contributed by atoms with Crippen LogP contribution in [0.2, 0.25) is 0 Å². The summed E-state index contributed by atoms with van der Waals surface area (Å²) < 4.78 is 28.0. The van der Waals surface area contributed by atoms with Gasteiger partial charge in [0.15, 0.2) is 0 Å². The maximum atomic E-state index is 12.6. The second-order valence-corrected chi connectivity index (χ2v) is 6.89. The number of benzene rings is 2. The summed E-state index contributed by atoms with van der Waals surface area (Å²) in [4.78, 5) is 0.305. The van der Waals surface area contributed by atoms with Crippen LogP contribution in [0.3, 0.4) is 0 Å². The van der Waals surface area contributed by atoms with Gasteiger partial charge in [-0.3, -0.25) is 0 Å². The summed E-state index contributed by atoms with van der Waals surface area (Å²) in [5.41, 5.74) is 8.55. The molecular formula is C16H20N2O2S. The number of nitrogens with one attached hydrogen (secondary N) is 1. The van der Waals surface area contributed by atoms with Crippen LogP contribution in [0.4, 0.5) is 5.69 Å². The fourth-order valence-corrected chi connectivity index (χ4v) is 4.19. The van der Waals surface area contributed by atoms with Gasteiger partial charge in [0, 0.05) is 11.7 Å². The van der Waals surface area contributed by atoms with E-state index in [2.05, 4.69) is 4.72 Å². The van der Waals surface area contributed by atoms with Crippen LogP contribution in [0.15, 0.2) is 47.4 Å². The summed E-state index contributed by atoms with van der Waals surface area (Å²) >= 11 is 0. The summed E-state index contributed by atoms with van der Waals surface area (Å²) in [5.74, 6) is 0. The quantitative estimate of drug-likeness (QED) is 0.853. The van der Waals surface area contributed by atoms with E-state index in [9.17, 15) is 8.42 Å². The van der Waals surface area contributed by atoms with E-state index in [1.807, 2.05) is 37.3 Å². The molecule has 2 aromatic rings. The van der Waals surface area contributed by atoms with Gasteiger partial charge in [-0.15, -0.1) is 0 Å². The zero-order valence-corrected chi connectivity index (χ0v) is 13.2. The molecule has 0 fully saturated rings. The predicted octanol–water partition coefficient (Wildman–Crippen LogP) is 2.93. The first-order valence-corrected chi connectivity index (χ1v) is 8.23. The van der Waals surface area contributed by atoms with Crippen LogP contribution in [0.1, 0.15) is 29.7 Å². The molecule has 0 amide bonds. The van der Waals surface area contributed by atoms with Gasteiger partial charge in [0.05, 0.1) is 4.90 Å². The highest BCUT2D eigenvalue weighted by Gasteiger charge is 2.22. The van der Waals surface area contributed by atoms with Crippen LogP contribution < -0.4 is 10.5 Å². The van der Waals surface area contributed by atoms with Gasteiger partial charge in [0.2, 0.25) is 10.0 Å². The van der Waals surface area contributed by atoms with Gasteiger partial charge in [-0.25, -0.2) is 13.1 Å². The lowest BCUT2D eigenvalue weighted by Gasteiger charge is -2.17. The fourth-order valence-electron chi connectivity index (χ4n) is 2.51. The van der Waals surface area contributed by atoms with Crippen molar-refractivity contribution in [2.24, 2.45) is 0 Å². The molecule has 4 nitrogen and oxygen atoms in total. The molecule has 0 saturated carbocycles. The standard InChI is InChI=1S/C16H20N2O2S/c1-11-9-15(17)10-12(2)16(11)21(19,20)18-13(3)14-7-5-4-6-8-14/h4-10,13,18H,17H2,1-3H3. The van der Waals surface area contributed by atoms with Crippen LogP contribution in [0.5, 0.6) is 0 Å². The normalized spacial score (nSPS) is 13.1. The van der Waals surface area contributed by atoms with Crippen molar-refractivity contribution in [3.63, 3.8) is 0 Å². The molecular weight excluding hydrogens is 284 g/mol. The van der Waals surface area contributed by atoms with Gasteiger partial charge in [-0.2, -0.15) is 0 Å². The molecule has 5 heteroatoms. The van der Waals surface area contributed by atoms with Crippen molar-refractivity contribution in [1.29, 1.82) is 0 Å². The molecule has 0 aromatic heterocycles. The Morgan fingerprint density at radius 1 is 1.05 bits per heavy atom. The SMILES string of the molecule is Cc1cc(N)cc(C)c1S(=O)(=O)NC(C)c1ccccc1. The number of hydrogen-bond donors (Lipinski definition) is 2. The monoisotopic (exact) mass is 304 g/mol. The van der Waals surface area contributed by atoms with Crippen molar-refractivity contribution in [2.45, 2.75) is 31.7 Å². The van der Waals surface area contributed by atoms with E-state index in [4.69, 9.17) is 5.73 Å². The van der Waals surface area contributed by atoms with E-state index in [0.29, 0.717) is 21.7 Å². The Morgan fingerprint density at radius 2 is 1.57 bits per heavy atom. The maximum Gasteiger partial charge on any atom is 0.241 e. The molecule has 0 radical (unpaired) electrons. The molecule has 1 atom stereocenters. The summed E-state index contributed by atoms with van der Waals surface area (Å²) in [6.45, 7) is 5.34. The van der Waals surface area contributed by atoms with Crippen LogP contribution in [0, 0.1) is 13.8 Å². The Hall–Kier alpha value is -1.85. The van der Waals surface area contributed by atoms with Gasteiger partial charge in [-0.05, 0) is 49.6 Å². The molecule has 0 saturated heterocycles. The Kier molecular flexibility index (Phi) is 4.34. The Morgan fingerprint density at radius 3 is 2.10 bits per heavy atom. The minimum Gasteiger partial charge on any atom is -0.399 e. The van der Waals surface area contributed by atoms with Crippen molar-refractivity contribution in [1.82, 2.24) is 4.72 Å². The van der Waals surface area contributed by atoms with Crippen LogP contribution >= 0.6 is 0 Å². The van der Waals surface area contributed by atoms with E-state index < -0.39 is 10.0 Å². The Labute approximate surface area is 126 Å². The molecule has 112 valence electrons. The summed E-state index contributed by atoms with van der Waals surface area (Å²) in [6, 6.07) is 12.5. The van der Waals surface area contributed by atoms with Crippen LogP contribution in [-0.2, 0) is 10.0 Å². The number of anilines is 1. The molecule has 3 N–H and O–H groups in total. The van der Waals surface area contributed by atoms with E-state index in [0.717, 1.165) is 5.56 Å². The molecule has 21 heavy (non-hydrogen) atoms. The van der Waals surface area contributed by atoms with Crippen molar-refractivity contribution in [3.05, 3.63) is 59.2 Å². The first-order chi connectivity index (χ1) is 9.81. The van der Waals surface area contributed by atoms with E-state index >= 15 is 0 Å². The third kappa shape index (κ3) is 3.43.